The van der Waals surface area contributed by atoms with Crippen LogP contribution in [0.5, 0.6) is 5.75 Å². The highest BCUT2D eigenvalue weighted by molar-refractivity contribution is 7.97. The molecule has 3 aromatic rings. The van der Waals surface area contributed by atoms with Gasteiger partial charge < -0.3 is 9.47 Å². The van der Waals surface area contributed by atoms with Gasteiger partial charge in [-0.25, -0.2) is 13.5 Å². The predicted octanol–water partition coefficient (Wildman–Crippen LogP) is 6.22. The number of benzene rings is 3. The van der Waals surface area contributed by atoms with Gasteiger partial charge in [0.15, 0.2) is 6.61 Å². The summed E-state index contributed by atoms with van der Waals surface area (Å²) in [6, 6.07) is 21.5. The molecular formula is C27H27FN2O3S. The summed E-state index contributed by atoms with van der Waals surface area (Å²) in [5.74, 6) is -0.194. The normalized spacial score (nSPS) is 11.2. The Bertz CT molecular complexity index is 1180. The molecule has 0 saturated carbocycles. The van der Waals surface area contributed by atoms with Crippen LogP contribution in [0.25, 0.3) is 11.1 Å². The lowest BCUT2D eigenvalue weighted by atomic mass is 10.00. The fourth-order valence-electron chi connectivity index (χ4n) is 3.26. The molecule has 0 saturated heterocycles. The van der Waals surface area contributed by atoms with Crippen molar-refractivity contribution >= 4 is 17.9 Å². The fourth-order valence-corrected chi connectivity index (χ4v) is 4.09. The van der Waals surface area contributed by atoms with Crippen LogP contribution in [0.1, 0.15) is 31.9 Å². The van der Waals surface area contributed by atoms with E-state index >= 15 is 0 Å². The minimum absolute atomic E-state index is 0.220. The molecule has 0 spiro atoms. The van der Waals surface area contributed by atoms with Gasteiger partial charge in [0.2, 0.25) is 0 Å². The van der Waals surface area contributed by atoms with E-state index in [2.05, 4.69) is 6.07 Å². The highest BCUT2D eigenvalue weighted by Crippen LogP contribution is 2.33. The summed E-state index contributed by atoms with van der Waals surface area (Å²) in [5, 5.41) is 9.32. The summed E-state index contributed by atoms with van der Waals surface area (Å²) in [5.41, 5.74) is 2.54. The number of ether oxygens (including phenoxy) is 2. The number of rotatable bonds is 8. The van der Waals surface area contributed by atoms with E-state index < -0.39 is 11.6 Å². The summed E-state index contributed by atoms with van der Waals surface area (Å²) in [6.45, 7) is 5.80. The Morgan fingerprint density at radius 2 is 1.82 bits per heavy atom. The standard InChI is InChI=1S/C27H27FN2O3S/c1-27(2,3)33-26(31)18-32-25-13-8-20(15-24(25)21-7-5-6-19(14-21)16-29)17-30(4)34-23-11-9-22(28)10-12-23/h5-15H,17-18H2,1-4H3. The van der Waals surface area contributed by atoms with E-state index in [9.17, 15) is 14.4 Å². The van der Waals surface area contributed by atoms with Gasteiger partial charge in [-0.15, -0.1) is 0 Å². The lowest BCUT2D eigenvalue weighted by Gasteiger charge is -2.20. The van der Waals surface area contributed by atoms with Gasteiger partial charge in [0.25, 0.3) is 0 Å². The Morgan fingerprint density at radius 3 is 2.50 bits per heavy atom. The van der Waals surface area contributed by atoms with Crippen LogP contribution in [0.2, 0.25) is 0 Å². The van der Waals surface area contributed by atoms with E-state index in [-0.39, 0.29) is 12.4 Å². The summed E-state index contributed by atoms with van der Waals surface area (Å²) in [4.78, 5) is 13.1. The molecule has 0 aliphatic heterocycles. The Hall–Kier alpha value is -3.34. The van der Waals surface area contributed by atoms with E-state index in [4.69, 9.17) is 9.47 Å². The molecule has 0 bridgehead atoms. The number of esters is 1. The molecule has 7 heteroatoms. The van der Waals surface area contributed by atoms with Crippen molar-refractivity contribution in [1.82, 2.24) is 4.31 Å². The number of hydrogen-bond acceptors (Lipinski definition) is 6. The maximum absolute atomic E-state index is 13.2. The molecule has 0 atom stereocenters. The average molecular weight is 479 g/mol. The third kappa shape index (κ3) is 7.62. The first-order valence-electron chi connectivity index (χ1n) is 10.8. The molecule has 176 valence electrons. The van der Waals surface area contributed by atoms with Gasteiger partial charge in [-0.05, 0) is 99.4 Å². The lowest BCUT2D eigenvalue weighted by Crippen LogP contribution is -2.27. The molecule has 0 radical (unpaired) electrons. The number of carbonyl (C=O) groups is 1. The van der Waals surface area contributed by atoms with Crippen molar-refractivity contribution in [2.45, 2.75) is 37.8 Å². The maximum Gasteiger partial charge on any atom is 0.344 e. The zero-order valence-electron chi connectivity index (χ0n) is 19.7. The van der Waals surface area contributed by atoms with E-state index in [0.717, 1.165) is 21.6 Å². The number of carbonyl (C=O) groups excluding carboxylic acids is 1. The molecule has 3 rings (SSSR count). The van der Waals surface area contributed by atoms with Gasteiger partial charge in [-0.3, -0.25) is 0 Å². The second-order valence-electron chi connectivity index (χ2n) is 8.73. The van der Waals surface area contributed by atoms with Crippen LogP contribution in [0, 0.1) is 17.1 Å². The van der Waals surface area contributed by atoms with Crippen LogP contribution < -0.4 is 4.74 Å². The zero-order valence-corrected chi connectivity index (χ0v) is 20.5. The van der Waals surface area contributed by atoms with E-state index in [1.54, 1.807) is 45.0 Å². The monoisotopic (exact) mass is 478 g/mol. The highest BCUT2D eigenvalue weighted by Gasteiger charge is 2.18. The minimum Gasteiger partial charge on any atom is -0.481 e. The Morgan fingerprint density at radius 1 is 1.09 bits per heavy atom. The molecule has 0 aromatic heterocycles. The Balaban J connectivity index is 1.82. The third-order valence-electron chi connectivity index (χ3n) is 4.59. The number of nitriles is 1. The van der Waals surface area contributed by atoms with E-state index in [0.29, 0.717) is 17.9 Å². The van der Waals surface area contributed by atoms with Crippen LogP contribution in [-0.2, 0) is 16.1 Å². The smallest absolute Gasteiger partial charge is 0.344 e. The van der Waals surface area contributed by atoms with Crippen molar-refractivity contribution in [3.8, 4) is 22.9 Å². The molecule has 0 amide bonds. The molecule has 0 N–H and O–H groups in total. The third-order valence-corrected chi connectivity index (χ3v) is 5.52. The first kappa shape index (κ1) is 25.3. The summed E-state index contributed by atoms with van der Waals surface area (Å²) < 4.78 is 26.4. The summed E-state index contributed by atoms with van der Waals surface area (Å²) in [6.07, 6.45) is 0. The van der Waals surface area contributed by atoms with Crippen molar-refractivity contribution < 1.29 is 18.7 Å². The van der Waals surface area contributed by atoms with Crippen molar-refractivity contribution in [1.29, 1.82) is 5.26 Å². The van der Waals surface area contributed by atoms with Crippen LogP contribution in [-0.4, -0.2) is 29.5 Å². The molecule has 34 heavy (non-hydrogen) atoms. The van der Waals surface area contributed by atoms with E-state index in [1.165, 1.54) is 24.1 Å². The van der Waals surface area contributed by atoms with E-state index in [1.807, 2.05) is 41.7 Å². The SMILES string of the molecule is CN(Cc1ccc(OCC(=O)OC(C)(C)C)c(-c2cccc(C#N)c2)c1)Sc1ccc(F)cc1. The fraction of sp³-hybridized carbons (Fsp3) is 0.259. The van der Waals surface area contributed by atoms with Crippen LogP contribution in [0.15, 0.2) is 71.6 Å². The quantitative estimate of drug-likeness (QED) is 0.283. The topological polar surface area (TPSA) is 62.6 Å². The van der Waals surface area contributed by atoms with Crippen molar-refractivity contribution in [3.05, 3.63) is 83.7 Å². The molecule has 0 aliphatic carbocycles. The Kier molecular flexibility index (Phi) is 8.32. The first-order valence-corrected chi connectivity index (χ1v) is 11.5. The largest absolute Gasteiger partial charge is 0.481 e. The van der Waals surface area contributed by atoms with Gasteiger partial charge in [0, 0.05) is 17.0 Å². The van der Waals surface area contributed by atoms with Crippen molar-refractivity contribution in [2.24, 2.45) is 0 Å². The van der Waals surface area contributed by atoms with Crippen LogP contribution in [0.3, 0.4) is 0 Å². The van der Waals surface area contributed by atoms with Gasteiger partial charge >= 0.3 is 5.97 Å². The predicted molar refractivity (Wildman–Crippen MR) is 132 cm³/mol. The molecule has 5 nitrogen and oxygen atoms in total. The lowest BCUT2D eigenvalue weighted by molar-refractivity contribution is -0.157. The van der Waals surface area contributed by atoms with Gasteiger partial charge in [0.1, 0.15) is 17.2 Å². The van der Waals surface area contributed by atoms with Gasteiger partial charge in [-0.2, -0.15) is 5.26 Å². The summed E-state index contributed by atoms with van der Waals surface area (Å²) in [7, 11) is 1.96. The average Bonchev–Trinajstić information content (AvgIpc) is 2.78. The number of nitrogens with zero attached hydrogens (tertiary/aromatic N) is 2. The molecule has 3 aromatic carbocycles. The minimum atomic E-state index is -0.596. The Labute approximate surface area is 204 Å². The van der Waals surface area contributed by atoms with Crippen LogP contribution >= 0.6 is 11.9 Å². The molecular weight excluding hydrogens is 451 g/mol. The number of hydrogen-bond donors (Lipinski definition) is 0. The highest BCUT2D eigenvalue weighted by atomic mass is 32.2. The second kappa shape index (κ2) is 11.2. The zero-order chi connectivity index (χ0) is 24.7. The summed E-state index contributed by atoms with van der Waals surface area (Å²) >= 11 is 1.51. The van der Waals surface area contributed by atoms with Gasteiger partial charge in [0.05, 0.1) is 11.6 Å². The van der Waals surface area contributed by atoms with Crippen LogP contribution in [0.4, 0.5) is 4.39 Å². The van der Waals surface area contributed by atoms with Crippen molar-refractivity contribution in [3.63, 3.8) is 0 Å². The molecule has 0 heterocycles. The second-order valence-corrected chi connectivity index (χ2v) is 10.0. The molecule has 0 unspecified atom stereocenters. The molecule has 0 aliphatic rings. The van der Waals surface area contributed by atoms with Gasteiger partial charge in [-0.1, -0.05) is 18.2 Å². The maximum atomic E-state index is 13.2. The molecule has 0 fully saturated rings. The first-order chi connectivity index (χ1) is 16.1. The van der Waals surface area contributed by atoms with Crippen molar-refractivity contribution in [2.75, 3.05) is 13.7 Å². The number of halogens is 1.